The van der Waals surface area contributed by atoms with E-state index in [4.69, 9.17) is 16.3 Å². The highest BCUT2D eigenvalue weighted by Gasteiger charge is 2.42. The van der Waals surface area contributed by atoms with Crippen molar-refractivity contribution in [2.24, 2.45) is 0 Å². The molecule has 0 aliphatic heterocycles. The van der Waals surface area contributed by atoms with Gasteiger partial charge in [-0.25, -0.2) is 0 Å². The first-order valence-electron chi connectivity index (χ1n) is 10.1. The molecule has 0 atom stereocenters. The zero-order valence-electron chi connectivity index (χ0n) is 17.8. The van der Waals surface area contributed by atoms with Crippen molar-refractivity contribution < 1.29 is 27.5 Å². The van der Waals surface area contributed by atoms with Gasteiger partial charge in [0.1, 0.15) is 11.4 Å². The summed E-state index contributed by atoms with van der Waals surface area (Å²) in [5.74, 6) is -2.23. The van der Waals surface area contributed by atoms with Gasteiger partial charge in [-0.05, 0) is 48.0 Å². The number of carbonyl (C=O) groups excluding carboxylic acids is 2. The first kappa shape index (κ1) is 23.4. The van der Waals surface area contributed by atoms with Crippen molar-refractivity contribution in [2.45, 2.75) is 12.7 Å². The number of hydrogen-bond donors (Lipinski definition) is 1. The van der Waals surface area contributed by atoms with E-state index in [2.05, 4.69) is 5.32 Å². The molecule has 0 aliphatic rings. The molecule has 3 aromatic carbocycles. The molecule has 1 N–H and O–H groups in total. The molecule has 0 fully saturated rings. The molecule has 0 radical (unpaired) electrons. The topological polar surface area (TPSA) is 60.3 Å². The minimum Gasteiger partial charge on any atom is -0.497 e. The number of nitrogens with zero attached hydrogens (tertiary/aromatic N) is 1. The van der Waals surface area contributed by atoms with Crippen LogP contribution in [0.2, 0.25) is 5.02 Å². The molecule has 0 aliphatic carbocycles. The number of Topliss-reactive ketones (excluding diaryl/α,β-unsaturated/α-hetero) is 1. The van der Waals surface area contributed by atoms with Crippen LogP contribution in [0.3, 0.4) is 0 Å². The van der Waals surface area contributed by atoms with Gasteiger partial charge >= 0.3 is 6.18 Å². The van der Waals surface area contributed by atoms with Gasteiger partial charge in [-0.3, -0.25) is 9.59 Å². The second-order valence-corrected chi connectivity index (χ2v) is 7.90. The Labute approximate surface area is 197 Å². The highest BCUT2D eigenvalue weighted by atomic mass is 35.5. The van der Waals surface area contributed by atoms with E-state index in [9.17, 15) is 22.8 Å². The van der Waals surface area contributed by atoms with Gasteiger partial charge in [-0.15, -0.1) is 0 Å². The van der Waals surface area contributed by atoms with Gasteiger partial charge in [0.25, 0.3) is 11.7 Å². The third-order valence-electron chi connectivity index (χ3n) is 5.26. The molecule has 5 nitrogen and oxygen atoms in total. The molecule has 9 heteroatoms. The summed E-state index contributed by atoms with van der Waals surface area (Å²) in [4.78, 5) is 25.9. The molecular formula is C25H18ClF3N2O3. The summed E-state index contributed by atoms with van der Waals surface area (Å²) in [6.45, 7) is -0.192. The molecule has 174 valence electrons. The Morgan fingerprint density at radius 3 is 2.29 bits per heavy atom. The molecule has 0 saturated carbocycles. The van der Waals surface area contributed by atoms with Crippen LogP contribution in [-0.4, -0.2) is 23.4 Å². The maximum absolute atomic E-state index is 14.4. The zero-order chi connectivity index (χ0) is 24.5. The molecule has 4 aromatic rings. The number of benzene rings is 3. The maximum Gasteiger partial charge on any atom is 0.432 e. The third-order valence-corrected chi connectivity index (χ3v) is 5.51. The molecule has 0 unspecified atom stereocenters. The van der Waals surface area contributed by atoms with E-state index >= 15 is 0 Å². The van der Waals surface area contributed by atoms with E-state index < -0.39 is 29.1 Å². The number of anilines is 1. The van der Waals surface area contributed by atoms with Crippen LogP contribution < -0.4 is 10.1 Å². The zero-order valence-corrected chi connectivity index (χ0v) is 18.6. The maximum atomic E-state index is 14.4. The molecule has 0 bridgehead atoms. The van der Waals surface area contributed by atoms with Crippen molar-refractivity contribution in [3.8, 4) is 5.75 Å². The summed E-state index contributed by atoms with van der Waals surface area (Å²) in [6, 6.07) is 18.6. The number of carbonyl (C=O) groups is 2. The molecule has 0 spiro atoms. The minimum atomic E-state index is -4.92. The van der Waals surface area contributed by atoms with Crippen LogP contribution in [0.4, 0.5) is 18.9 Å². The van der Waals surface area contributed by atoms with Crippen LogP contribution in [0.1, 0.15) is 21.6 Å². The largest absolute Gasteiger partial charge is 0.497 e. The van der Waals surface area contributed by atoms with E-state index in [-0.39, 0.29) is 28.9 Å². The van der Waals surface area contributed by atoms with E-state index in [1.54, 1.807) is 42.5 Å². The van der Waals surface area contributed by atoms with E-state index in [0.29, 0.717) is 10.6 Å². The molecule has 1 amide bonds. The fourth-order valence-corrected chi connectivity index (χ4v) is 3.87. The Hall–Kier alpha value is -3.78. The van der Waals surface area contributed by atoms with E-state index in [1.165, 1.54) is 37.4 Å². The Morgan fingerprint density at radius 1 is 1.00 bits per heavy atom. The van der Waals surface area contributed by atoms with Crippen LogP contribution >= 0.6 is 11.6 Å². The van der Waals surface area contributed by atoms with Gasteiger partial charge in [0, 0.05) is 28.2 Å². The van der Waals surface area contributed by atoms with Crippen LogP contribution in [-0.2, 0) is 17.5 Å². The Balaban J connectivity index is 1.90. The van der Waals surface area contributed by atoms with Gasteiger partial charge in [-0.2, -0.15) is 13.2 Å². The number of alkyl halides is 3. The first-order valence-corrected chi connectivity index (χ1v) is 10.5. The summed E-state index contributed by atoms with van der Waals surface area (Å²) >= 11 is 5.90. The number of ketones is 1. The van der Waals surface area contributed by atoms with Gasteiger partial charge in [-0.1, -0.05) is 41.9 Å². The van der Waals surface area contributed by atoms with Crippen molar-refractivity contribution in [3.63, 3.8) is 0 Å². The molecule has 34 heavy (non-hydrogen) atoms. The lowest BCUT2D eigenvalue weighted by Gasteiger charge is -2.15. The van der Waals surface area contributed by atoms with Gasteiger partial charge in [0.05, 0.1) is 12.7 Å². The SMILES string of the molecule is COc1ccc2c(c1)c(C(=O)C(=O)Nc1ccccc1)c(C(F)(F)F)n2Cc1ccc(Cl)cc1. The summed E-state index contributed by atoms with van der Waals surface area (Å²) in [7, 11) is 1.36. The van der Waals surface area contributed by atoms with Crippen molar-refractivity contribution in [2.75, 3.05) is 12.4 Å². The Morgan fingerprint density at radius 2 is 1.68 bits per heavy atom. The highest BCUT2D eigenvalue weighted by Crippen LogP contribution is 2.40. The number of methoxy groups -OCH3 is 1. The predicted molar refractivity (Wildman–Crippen MR) is 123 cm³/mol. The molecule has 4 rings (SSSR count). The van der Waals surface area contributed by atoms with Crippen LogP contribution in [0.25, 0.3) is 10.9 Å². The number of ether oxygens (including phenoxy) is 1. The normalized spacial score (nSPS) is 11.4. The summed E-state index contributed by atoms with van der Waals surface area (Å²) in [5, 5.41) is 2.77. The van der Waals surface area contributed by atoms with E-state index in [1.807, 2.05) is 0 Å². The monoisotopic (exact) mass is 486 g/mol. The van der Waals surface area contributed by atoms with Crippen LogP contribution in [0.5, 0.6) is 5.75 Å². The lowest BCUT2D eigenvalue weighted by molar-refractivity contribution is -0.143. The summed E-state index contributed by atoms with van der Waals surface area (Å²) < 4.78 is 49.3. The molecule has 1 aromatic heterocycles. The van der Waals surface area contributed by atoms with Gasteiger partial charge in [0.2, 0.25) is 0 Å². The quantitative estimate of drug-likeness (QED) is 0.261. The number of aromatic nitrogens is 1. The number of hydrogen-bond acceptors (Lipinski definition) is 3. The van der Waals surface area contributed by atoms with Crippen molar-refractivity contribution in [1.82, 2.24) is 4.57 Å². The average molecular weight is 487 g/mol. The van der Waals surface area contributed by atoms with Crippen molar-refractivity contribution in [3.05, 3.63) is 94.6 Å². The second kappa shape index (κ2) is 9.23. The number of amides is 1. The number of rotatable bonds is 6. The standard InChI is InChI=1S/C25H18ClF3N2O3/c1-34-18-11-12-20-19(13-18)21(22(32)24(33)30-17-5-3-2-4-6-17)23(25(27,28)29)31(20)14-15-7-9-16(26)10-8-15/h2-13H,14H2,1H3,(H,30,33). The number of halogens is 4. The highest BCUT2D eigenvalue weighted by molar-refractivity contribution is 6.48. The number of para-hydroxylation sites is 1. The van der Waals surface area contributed by atoms with Gasteiger partial charge < -0.3 is 14.6 Å². The van der Waals surface area contributed by atoms with Gasteiger partial charge in [0.15, 0.2) is 0 Å². The lowest BCUT2D eigenvalue weighted by Crippen LogP contribution is -2.26. The fourth-order valence-electron chi connectivity index (χ4n) is 3.74. The third kappa shape index (κ3) is 4.63. The van der Waals surface area contributed by atoms with E-state index in [0.717, 1.165) is 4.57 Å². The minimum absolute atomic E-state index is 0.0335. The summed E-state index contributed by atoms with van der Waals surface area (Å²) in [5.41, 5.74) is -0.978. The summed E-state index contributed by atoms with van der Waals surface area (Å²) in [6.07, 6.45) is -4.92. The fraction of sp³-hybridized carbons (Fsp3) is 0.120. The number of fused-ring (bicyclic) bond motifs is 1. The van der Waals surface area contributed by atoms with Crippen molar-refractivity contribution in [1.29, 1.82) is 0 Å². The predicted octanol–water partition coefficient (Wildman–Crippen LogP) is 6.19. The Bertz CT molecular complexity index is 1360. The molecule has 1 heterocycles. The number of nitrogens with one attached hydrogen (secondary N) is 1. The second-order valence-electron chi connectivity index (χ2n) is 7.47. The van der Waals surface area contributed by atoms with Crippen LogP contribution in [0, 0.1) is 0 Å². The average Bonchev–Trinajstić information content (AvgIpc) is 3.14. The Kier molecular flexibility index (Phi) is 6.34. The first-order chi connectivity index (χ1) is 16.2. The lowest BCUT2D eigenvalue weighted by atomic mass is 10.0. The van der Waals surface area contributed by atoms with Crippen LogP contribution in [0.15, 0.2) is 72.8 Å². The van der Waals surface area contributed by atoms with Crippen molar-refractivity contribution >= 4 is 39.9 Å². The smallest absolute Gasteiger partial charge is 0.432 e. The molecule has 0 saturated heterocycles. The molecular weight excluding hydrogens is 469 g/mol.